The third-order valence-corrected chi connectivity index (χ3v) is 7.15. The van der Waals surface area contributed by atoms with Crippen LogP contribution in [0.15, 0.2) is 130 Å². The van der Waals surface area contributed by atoms with Crippen LogP contribution in [-0.2, 0) is 23.2 Å². The lowest BCUT2D eigenvalue weighted by atomic mass is 9.63. The predicted molar refractivity (Wildman–Crippen MR) is 146 cm³/mol. The van der Waals surface area contributed by atoms with Gasteiger partial charge in [-0.3, -0.25) is 0 Å². The molecule has 4 aromatic rings. The van der Waals surface area contributed by atoms with Gasteiger partial charge in [-0.05, 0) is 59.7 Å². The maximum atomic E-state index is 13.2. The highest BCUT2D eigenvalue weighted by atomic mass is 16.5. The summed E-state index contributed by atoms with van der Waals surface area (Å²) < 4.78 is 11.5. The van der Waals surface area contributed by atoms with Crippen LogP contribution in [0.1, 0.15) is 40.7 Å². The van der Waals surface area contributed by atoms with E-state index in [4.69, 9.17) is 9.15 Å². The molecule has 1 unspecified atom stereocenters. The van der Waals surface area contributed by atoms with Crippen molar-refractivity contribution < 1.29 is 14.3 Å². The second kappa shape index (κ2) is 10.8. The zero-order chi connectivity index (χ0) is 25.7. The molecule has 3 aromatic carbocycles. The Labute approximate surface area is 217 Å². The van der Waals surface area contributed by atoms with E-state index in [1.165, 1.54) is 11.8 Å². The molecule has 0 spiro atoms. The van der Waals surface area contributed by atoms with E-state index >= 15 is 0 Å². The van der Waals surface area contributed by atoms with Gasteiger partial charge in [-0.15, -0.1) is 0 Å². The Morgan fingerprint density at radius 3 is 2.14 bits per heavy atom. The summed E-state index contributed by atoms with van der Waals surface area (Å²) in [5.41, 5.74) is 4.34. The summed E-state index contributed by atoms with van der Waals surface area (Å²) in [6.07, 6.45) is 5.06. The summed E-state index contributed by atoms with van der Waals surface area (Å²) in [6, 6.07) is 32.1. The largest absolute Gasteiger partial charge is 0.508 e. The molecule has 4 heteroatoms. The Morgan fingerprint density at radius 1 is 0.865 bits per heavy atom. The van der Waals surface area contributed by atoms with Gasteiger partial charge in [-0.25, -0.2) is 4.79 Å². The van der Waals surface area contributed by atoms with Gasteiger partial charge in [0, 0.05) is 11.8 Å². The molecule has 1 atom stereocenters. The summed E-state index contributed by atoms with van der Waals surface area (Å²) in [5.74, 6) is 0.558. The van der Waals surface area contributed by atoms with E-state index in [0.717, 1.165) is 28.7 Å². The minimum Gasteiger partial charge on any atom is -0.508 e. The molecule has 0 radical (unpaired) electrons. The van der Waals surface area contributed by atoms with Crippen molar-refractivity contribution >= 4 is 5.57 Å². The predicted octanol–water partition coefficient (Wildman–Crippen LogP) is 7.29. The Bertz CT molecular complexity index is 1470. The van der Waals surface area contributed by atoms with Crippen LogP contribution in [0.4, 0.5) is 0 Å². The van der Waals surface area contributed by atoms with Crippen molar-refractivity contribution in [3.8, 4) is 0 Å². The SMILES string of the molecule is Cc1ccoc(=O)c1C1=CC(OCc2ccccc2)=C(O)CC1(CCc1ccccc1)c1ccccc1. The zero-order valence-electron chi connectivity index (χ0n) is 20.9. The molecule has 0 fully saturated rings. The molecule has 186 valence electrons. The second-order valence-corrected chi connectivity index (χ2v) is 9.52. The lowest BCUT2D eigenvalue weighted by Gasteiger charge is -2.40. The highest BCUT2D eigenvalue weighted by molar-refractivity contribution is 5.80. The molecule has 0 aliphatic heterocycles. The summed E-state index contributed by atoms with van der Waals surface area (Å²) >= 11 is 0. The Balaban J connectivity index is 1.64. The summed E-state index contributed by atoms with van der Waals surface area (Å²) in [7, 11) is 0. The van der Waals surface area contributed by atoms with E-state index in [0.29, 0.717) is 30.8 Å². The van der Waals surface area contributed by atoms with E-state index in [-0.39, 0.29) is 5.76 Å². The maximum Gasteiger partial charge on any atom is 0.343 e. The quantitative estimate of drug-likeness (QED) is 0.282. The van der Waals surface area contributed by atoms with Gasteiger partial charge in [0.1, 0.15) is 12.4 Å². The van der Waals surface area contributed by atoms with Crippen LogP contribution < -0.4 is 5.63 Å². The smallest absolute Gasteiger partial charge is 0.343 e. The van der Waals surface area contributed by atoms with Crippen molar-refractivity contribution in [1.82, 2.24) is 0 Å². The monoisotopic (exact) mass is 490 g/mol. The van der Waals surface area contributed by atoms with Gasteiger partial charge < -0.3 is 14.3 Å². The first-order valence-electron chi connectivity index (χ1n) is 12.6. The lowest BCUT2D eigenvalue weighted by molar-refractivity contribution is 0.180. The Morgan fingerprint density at radius 2 is 1.49 bits per heavy atom. The van der Waals surface area contributed by atoms with Crippen molar-refractivity contribution in [2.24, 2.45) is 0 Å². The van der Waals surface area contributed by atoms with E-state index in [1.54, 1.807) is 0 Å². The van der Waals surface area contributed by atoms with Gasteiger partial charge in [0.25, 0.3) is 0 Å². The topological polar surface area (TPSA) is 59.7 Å². The van der Waals surface area contributed by atoms with Gasteiger partial charge in [-0.2, -0.15) is 0 Å². The highest BCUT2D eigenvalue weighted by Gasteiger charge is 2.43. The lowest BCUT2D eigenvalue weighted by Crippen LogP contribution is -2.34. The molecular formula is C33H30O4. The minimum atomic E-state index is -0.651. The summed E-state index contributed by atoms with van der Waals surface area (Å²) in [4.78, 5) is 13.2. The number of allylic oxidation sites excluding steroid dienone is 3. The van der Waals surface area contributed by atoms with Gasteiger partial charge >= 0.3 is 5.63 Å². The first kappa shape index (κ1) is 24.4. The fraction of sp³-hybridized carbons (Fsp3) is 0.182. The van der Waals surface area contributed by atoms with Crippen molar-refractivity contribution in [2.75, 3.05) is 0 Å². The standard InChI is InChI=1S/C33H30O4/c1-24-18-20-36-32(35)31(24)28-21-30(37-23-26-13-7-3-8-14-26)29(34)22-33(28,27-15-9-4-10-16-27)19-17-25-11-5-2-6-12-25/h2-16,18,20-21,34H,17,19,22-23H2,1H3. The van der Waals surface area contributed by atoms with Crippen molar-refractivity contribution in [2.45, 2.75) is 38.2 Å². The maximum absolute atomic E-state index is 13.2. The molecule has 1 aliphatic carbocycles. The number of aliphatic hydroxyl groups excluding tert-OH is 1. The number of hydrogen-bond acceptors (Lipinski definition) is 4. The number of rotatable bonds is 8. The highest BCUT2D eigenvalue weighted by Crippen LogP contribution is 2.50. The molecule has 5 rings (SSSR count). The van der Waals surface area contributed by atoms with Gasteiger partial charge in [0.2, 0.25) is 0 Å². The van der Waals surface area contributed by atoms with Crippen LogP contribution in [0.5, 0.6) is 0 Å². The van der Waals surface area contributed by atoms with Crippen LogP contribution in [0.2, 0.25) is 0 Å². The average molecular weight is 491 g/mol. The number of ether oxygens (including phenoxy) is 1. The van der Waals surface area contributed by atoms with Gasteiger partial charge in [0.05, 0.1) is 11.8 Å². The fourth-order valence-corrected chi connectivity index (χ4v) is 5.20. The number of hydrogen-bond donors (Lipinski definition) is 1. The molecule has 0 saturated carbocycles. The third kappa shape index (κ3) is 5.14. The first-order chi connectivity index (χ1) is 18.1. The molecule has 1 aliphatic rings. The molecule has 1 aromatic heterocycles. The summed E-state index contributed by atoms with van der Waals surface area (Å²) in [6.45, 7) is 2.23. The molecule has 1 N–H and O–H groups in total. The van der Waals surface area contributed by atoms with Gasteiger partial charge in [-0.1, -0.05) is 91.0 Å². The molecule has 1 heterocycles. The van der Waals surface area contributed by atoms with Gasteiger partial charge in [0.15, 0.2) is 5.76 Å². The van der Waals surface area contributed by atoms with Crippen LogP contribution in [0.25, 0.3) is 5.57 Å². The van der Waals surface area contributed by atoms with Crippen LogP contribution in [-0.4, -0.2) is 5.11 Å². The van der Waals surface area contributed by atoms with E-state index < -0.39 is 11.0 Å². The number of benzene rings is 3. The fourth-order valence-electron chi connectivity index (χ4n) is 5.20. The molecule has 0 saturated heterocycles. The molecule has 0 bridgehead atoms. The number of aliphatic hydroxyl groups is 1. The average Bonchev–Trinajstić information content (AvgIpc) is 2.93. The van der Waals surface area contributed by atoms with Crippen molar-refractivity contribution in [3.63, 3.8) is 0 Å². The second-order valence-electron chi connectivity index (χ2n) is 9.52. The van der Waals surface area contributed by atoms with Crippen LogP contribution in [0, 0.1) is 6.92 Å². The normalized spacial score (nSPS) is 17.4. The molecule has 4 nitrogen and oxygen atoms in total. The van der Waals surface area contributed by atoms with Crippen molar-refractivity contribution in [3.05, 3.63) is 159 Å². The molecule has 37 heavy (non-hydrogen) atoms. The molecule has 0 amide bonds. The zero-order valence-corrected chi connectivity index (χ0v) is 20.9. The Kier molecular flexibility index (Phi) is 7.09. The van der Waals surface area contributed by atoms with E-state index in [1.807, 2.05) is 85.8 Å². The summed E-state index contributed by atoms with van der Waals surface area (Å²) in [5, 5.41) is 11.4. The first-order valence-corrected chi connectivity index (χ1v) is 12.6. The number of aryl methyl sites for hydroxylation is 2. The third-order valence-electron chi connectivity index (χ3n) is 7.15. The molecular weight excluding hydrogens is 460 g/mol. The minimum absolute atomic E-state index is 0.176. The van der Waals surface area contributed by atoms with Crippen LogP contribution >= 0.6 is 0 Å². The van der Waals surface area contributed by atoms with Crippen molar-refractivity contribution in [1.29, 1.82) is 0 Å². The Hall–Kier alpha value is -4.31. The van der Waals surface area contributed by atoms with Crippen LogP contribution in [0.3, 0.4) is 0 Å². The van der Waals surface area contributed by atoms with E-state index in [9.17, 15) is 9.90 Å². The van der Waals surface area contributed by atoms with E-state index in [2.05, 4.69) is 24.3 Å².